The number of hydrogen-bond acceptors (Lipinski definition) is 5. The van der Waals surface area contributed by atoms with E-state index >= 15 is 0 Å². The molecule has 0 saturated carbocycles. The van der Waals surface area contributed by atoms with Crippen LogP contribution in [0.15, 0.2) is 24.3 Å². The number of carbonyl (C=O) groups is 1. The summed E-state index contributed by atoms with van der Waals surface area (Å²) in [5, 5.41) is 0.823. The van der Waals surface area contributed by atoms with Crippen molar-refractivity contribution in [3.8, 4) is 0 Å². The zero-order valence-electron chi connectivity index (χ0n) is 12.1. The SMILES string of the molecule is COC(=O)c1nc(N(C)Cc2ccc(C)cc2)sc1C. The van der Waals surface area contributed by atoms with Gasteiger partial charge in [0.1, 0.15) is 0 Å². The van der Waals surface area contributed by atoms with Crippen molar-refractivity contribution in [2.45, 2.75) is 20.4 Å². The average molecular weight is 290 g/mol. The summed E-state index contributed by atoms with van der Waals surface area (Å²) in [6.07, 6.45) is 0. The van der Waals surface area contributed by atoms with E-state index in [9.17, 15) is 4.79 Å². The Kier molecular flexibility index (Phi) is 4.39. The molecule has 0 aliphatic carbocycles. The third-order valence-electron chi connectivity index (χ3n) is 3.03. The molecule has 0 bridgehead atoms. The van der Waals surface area contributed by atoms with E-state index in [4.69, 9.17) is 4.74 Å². The fourth-order valence-corrected chi connectivity index (χ4v) is 2.72. The minimum Gasteiger partial charge on any atom is -0.464 e. The number of benzene rings is 1. The van der Waals surface area contributed by atoms with Crippen LogP contribution in [-0.2, 0) is 11.3 Å². The molecular weight excluding hydrogens is 272 g/mol. The summed E-state index contributed by atoms with van der Waals surface area (Å²) in [5.74, 6) is -0.381. The predicted molar refractivity (Wildman–Crippen MR) is 81.5 cm³/mol. The van der Waals surface area contributed by atoms with Gasteiger partial charge >= 0.3 is 5.97 Å². The number of methoxy groups -OCH3 is 1. The molecule has 106 valence electrons. The highest BCUT2D eigenvalue weighted by molar-refractivity contribution is 7.15. The minimum atomic E-state index is -0.381. The molecule has 4 nitrogen and oxygen atoms in total. The van der Waals surface area contributed by atoms with Crippen molar-refractivity contribution in [3.63, 3.8) is 0 Å². The summed E-state index contributed by atoms with van der Waals surface area (Å²) >= 11 is 1.50. The lowest BCUT2D eigenvalue weighted by molar-refractivity contribution is 0.0594. The summed E-state index contributed by atoms with van der Waals surface area (Å²) < 4.78 is 4.73. The van der Waals surface area contributed by atoms with E-state index < -0.39 is 0 Å². The molecule has 0 fully saturated rings. The van der Waals surface area contributed by atoms with Crippen LogP contribution in [0, 0.1) is 13.8 Å². The Morgan fingerprint density at radius 1 is 1.30 bits per heavy atom. The van der Waals surface area contributed by atoms with Gasteiger partial charge in [0.2, 0.25) is 0 Å². The second kappa shape index (κ2) is 6.05. The molecule has 2 aromatic rings. The van der Waals surface area contributed by atoms with Gasteiger partial charge in [-0.2, -0.15) is 0 Å². The van der Waals surface area contributed by atoms with Crippen LogP contribution in [0.4, 0.5) is 5.13 Å². The molecule has 5 heteroatoms. The monoisotopic (exact) mass is 290 g/mol. The number of nitrogens with zero attached hydrogens (tertiary/aromatic N) is 2. The Labute approximate surface area is 123 Å². The van der Waals surface area contributed by atoms with E-state index in [1.54, 1.807) is 0 Å². The number of aryl methyl sites for hydroxylation is 2. The Bertz CT molecular complexity index is 605. The number of esters is 1. The molecule has 0 aliphatic rings. The average Bonchev–Trinajstić information content (AvgIpc) is 2.82. The lowest BCUT2D eigenvalue weighted by Crippen LogP contribution is -2.16. The molecule has 1 heterocycles. The van der Waals surface area contributed by atoms with E-state index in [1.807, 2.05) is 18.9 Å². The molecule has 1 aromatic carbocycles. The van der Waals surface area contributed by atoms with Gasteiger partial charge in [-0.1, -0.05) is 29.8 Å². The maximum Gasteiger partial charge on any atom is 0.357 e. The lowest BCUT2D eigenvalue weighted by atomic mass is 10.1. The number of ether oxygens (including phenoxy) is 1. The van der Waals surface area contributed by atoms with Gasteiger partial charge in [0.05, 0.1) is 7.11 Å². The molecule has 0 aliphatic heterocycles. The number of carbonyl (C=O) groups excluding carboxylic acids is 1. The van der Waals surface area contributed by atoms with Gasteiger partial charge in [-0.05, 0) is 19.4 Å². The van der Waals surface area contributed by atoms with Gasteiger partial charge in [0.15, 0.2) is 10.8 Å². The van der Waals surface area contributed by atoms with E-state index in [0.29, 0.717) is 5.69 Å². The molecule has 0 saturated heterocycles. The highest BCUT2D eigenvalue weighted by Gasteiger charge is 2.17. The second-order valence-corrected chi connectivity index (χ2v) is 5.92. The summed E-state index contributed by atoms with van der Waals surface area (Å²) in [4.78, 5) is 18.8. The summed E-state index contributed by atoms with van der Waals surface area (Å²) in [6.45, 7) is 4.71. The van der Waals surface area contributed by atoms with Gasteiger partial charge < -0.3 is 9.64 Å². The molecular formula is C15H18N2O2S. The van der Waals surface area contributed by atoms with Gasteiger partial charge in [-0.25, -0.2) is 9.78 Å². The molecule has 0 atom stereocenters. The predicted octanol–water partition coefficient (Wildman–Crippen LogP) is 3.18. The standard InChI is InChI=1S/C15H18N2O2S/c1-10-5-7-12(8-6-10)9-17(3)15-16-13(11(2)20-15)14(18)19-4/h5-8H,9H2,1-4H3. The molecule has 1 aromatic heterocycles. The van der Waals surface area contributed by atoms with E-state index in [0.717, 1.165) is 16.6 Å². The molecule has 0 unspecified atom stereocenters. The first-order valence-corrected chi connectivity index (χ1v) is 7.15. The molecule has 2 rings (SSSR count). The summed E-state index contributed by atoms with van der Waals surface area (Å²) in [7, 11) is 3.34. The molecule has 0 spiro atoms. The van der Waals surface area contributed by atoms with Crippen molar-refractivity contribution >= 4 is 22.4 Å². The van der Waals surface area contributed by atoms with Crippen molar-refractivity contribution < 1.29 is 9.53 Å². The topological polar surface area (TPSA) is 42.4 Å². The van der Waals surface area contributed by atoms with Gasteiger partial charge in [-0.15, -0.1) is 11.3 Å². The first kappa shape index (κ1) is 14.5. The Morgan fingerprint density at radius 3 is 2.55 bits per heavy atom. The molecule has 0 amide bonds. The van der Waals surface area contributed by atoms with Crippen LogP contribution in [0.3, 0.4) is 0 Å². The third kappa shape index (κ3) is 3.17. The van der Waals surface area contributed by atoms with Crippen molar-refractivity contribution in [1.29, 1.82) is 0 Å². The molecule has 20 heavy (non-hydrogen) atoms. The smallest absolute Gasteiger partial charge is 0.357 e. The quantitative estimate of drug-likeness (QED) is 0.811. The Morgan fingerprint density at radius 2 is 1.95 bits per heavy atom. The van der Waals surface area contributed by atoms with Crippen molar-refractivity contribution in [1.82, 2.24) is 4.98 Å². The first-order chi connectivity index (χ1) is 9.51. The van der Waals surface area contributed by atoms with E-state index in [2.05, 4.69) is 36.2 Å². The summed E-state index contributed by atoms with van der Waals surface area (Å²) in [5.41, 5.74) is 2.86. The van der Waals surface area contributed by atoms with Crippen LogP contribution in [0.2, 0.25) is 0 Å². The zero-order chi connectivity index (χ0) is 14.7. The van der Waals surface area contributed by atoms with Gasteiger partial charge in [-0.3, -0.25) is 0 Å². The van der Waals surface area contributed by atoms with E-state index in [1.165, 1.54) is 29.6 Å². The van der Waals surface area contributed by atoms with E-state index in [-0.39, 0.29) is 5.97 Å². The maximum atomic E-state index is 11.6. The fraction of sp³-hybridized carbons (Fsp3) is 0.333. The highest BCUT2D eigenvalue weighted by atomic mass is 32.1. The van der Waals surface area contributed by atoms with Crippen molar-refractivity contribution in [2.24, 2.45) is 0 Å². The molecule has 0 radical (unpaired) electrons. The lowest BCUT2D eigenvalue weighted by Gasteiger charge is -2.15. The Hall–Kier alpha value is -1.88. The second-order valence-electron chi connectivity index (χ2n) is 4.73. The van der Waals surface area contributed by atoms with Crippen LogP contribution in [0.1, 0.15) is 26.5 Å². The number of hydrogen-bond donors (Lipinski definition) is 0. The van der Waals surface area contributed by atoms with Crippen LogP contribution < -0.4 is 4.90 Å². The van der Waals surface area contributed by atoms with Crippen molar-refractivity contribution in [2.75, 3.05) is 19.1 Å². The fourth-order valence-electron chi connectivity index (χ4n) is 1.87. The number of thiazole rings is 1. The zero-order valence-corrected chi connectivity index (χ0v) is 13.0. The van der Waals surface area contributed by atoms with Crippen LogP contribution in [0.5, 0.6) is 0 Å². The first-order valence-electron chi connectivity index (χ1n) is 6.33. The number of rotatable bonds is 4. The largest absolute Gasteiger partial charge is 0.464 e. The van der Waals surface area contributed by atoms with Crippen molar-refractivity contribution in [3.05, 3.63) is 46.0 Å². The maximum absolute atomic E-state index is 11.6. The van der Waals surface area contributed by atoms with Crippen LogP contribution in [0.25, 0.3) is 0 Å². The minimum absolute atomic E-state index is 0.381. The Balaban J connectivity index is 2.15. The van der Waals surface area contributed by atoms with Crippen LogP contribution in [-0.4, -0.2) is 25.1 Å². The van der Waals surface area contributed by atoms with Gasteiger partial charge in [0, 0.05) is 18.5 Å². The van der Waals surface area contributed by atoms with Gasteiger partial charge in [0.25, 0.3) is 0 Å². The third-order valence-corrected chi connectivity index (χ3v) is 4.12. The van der Waals surface area contributed by atoms with Crippen LogP contribution >= 0.6 is 11.3 Å². The summed E-state index contributed by atoms with van der Waals surface area (Å²) in [6, 6.07) is 8.40. The molecule has 0 N–H and O–H groups in total. The normalized spacial score (nSPS) is 10.4. The highest BCUT2D eigenvalue weighted by Crippen LogP contribution is 2.26. The number of anilines is 1. The number of aromatic nitrogens is 1.